The van der Waals surface area contributed by atoms with E-state index >= 15 is 0 Å². The molecule has 0 saturated heterocycles. The van der Waals surface area contributed by atoms with Gasteiger partial charge in [-0.25, -0.2) is 13.4 Å². The second-order valence-electron chi connectivity index (χ2n) is 5.01. The molecule has 21 heavy (non-hydrogen) atoms. The number of benzene rings is 1. The maximum absolute atomic E-state index is 12.7. The van der Waals surface area contributed by atoms with Crippen molar-refractivity contribution in [3.05, 3.63) is 42.4 Å². The number of rotatable bonds is 6. The van der Waals surface area contributed by atoms with Crippen molar-refractivity contribution in [3.63, 3.8) is 0 Å². The van der Waals surface area contributed by atoms with Gasteiger partial charge in [-0.1, -0.05) is 18.2 Å². The van der Waals surface area contributed by atoms with Gasteiger partial charge in [0.25, 0.3) is 10.0 Å². The number of nitrogens with zero attached hydrogens (tertiary/aromatic N) is 2. The summed E-state index contributed by atoms with van der Waals surface area (Å²) >= 11 is 0. The summed E-state index contributed by atoms with van der Waals surface area (Å²) in [5.74, 6) is 0.697. The summed E-state index contributed by atoms with van der Waals surface area (Å²) < 4.78 is 32.2. The number of nitrogens with one attached hydrogen (secondary N) is 1. The van der Waals surface area contributed by atoms with Crippen LogP contribution in [0.3, 0.4) is 0 Å². The summed E-state index contributed by atoms with van der Waals surface area (Å²) in [6.45, 7) is 0.302. The van der Waals surface area contributed by atoms with Gasteiger partial charge in [-0.05, 0) is 18.9 Å². The van der Waals surface area contributed by atoms with Gasteiger partial charge in [-0.2, -0.15) is 4.31 Å². The highest BCUT2D eigenvalue weighted by Crippen LogP contribution is 2.34. The molecule has 0 spiro atoms. The molecule has 1 saturated carbocycles. The first kappa shape index (κ1) is 14.1. The van der Waals surface area contributed by atoms with E-state index in [1.54, 1.807) is 7.11 Å². The summed E-state index contributed by atoms with van der Waals surface area (Å²) in [5.41, 5.74) is 0.856. The Balaban J connectivity index is 1.93. The van der Waals surface area contributed by atoms with E-state index in [1.165, 1.54) is 16.8 Å². The van der Waals surface area contributed by atoms with Crippen molar-refractivity contribution >= 4 is 10.0 Å². The van der Waals surface area contributed by atoms with Crippen LogP contribution < -0.4 is 4.74 Å². The SMILES string of the molecule is COc1ccccc1CN(C1CC1)S(=O)(=O)c1cnc[nH]1. The summed E-state index contributed by atoms with van der Waals surface area (Å²) in [6, 6.07) is 7.53. The highest BCUT2D eigenvalue weighted by atomic mass is 32.2. The predicted molar refractivity (Wildman–Crippen MR) is 77.3 cm³/mol. The molecule has 1 fully saturated rings. The van der Waals surface area contributed by atoms with Crippen LogP contribution >= 0.6 is 0 Å². The maximum Gasteiger partial charge on any atom is 0.260 e. The van der Waals surface area contributed by atoms with Crippen molar-refractivity contribution in [2.75, 3.05) is 7.11 Å². The third-order valence-electron chi connectivity index (χ3n) is 3.53. The Morgan fingerprint density at radius 1 is 1.38 bits per heavy atom. The van der Waals surface area contributed by atoms with Crippen LogP contribution in [0.2, 0.25) is 0 Å². The van der Waals surface area contributed by atoms with Crippen molar-refractivity contribution in [2.45, 2.75) is 30.5 Å². The molecule has 7 heteroatoms. The second-order valence-corrected chi connectivity index (χ2v) is 6.87. The minimum atomic E-state index is -3.56. The first-order valence-electron chi connectivity index (χ1n) is 6.75. The van der Waals surface area contributed by atoms with Gasteiger partial charge in [-0.3, -0.25) is 0 Å². The lowest BCUT2D eigenvalue weighted by molar-refractivity contribution is 0.373. The Morgan fingerprint density at radius 2 is 2.14 bits per heavy atom. The molecule has 1 N–H and O–H groups in total. The number of hydrogen-bond donors (Lipinski definition) is 1. The molecule has 112 valence electrons. The van der Waals surface area contributed by atoms with Gasteiger partial charge in [-0.15, -0.1) is 0 Å². The lowest BCUT2D eigenvalue weighted by Crippen LogP contribution is -2.33. The molecule has 1 aromatic heterocycles. The number of imidazole rings is 1. The number of hydrogen-bond acceptors (Lipinski definition) is 4. The van der Waals surface area contributed by atoms with E-state index < -0.39 is 10.0 Å². The molecule has 6 nitrogen and oxygen atoms in total. The summed E-state index contributed by atoms with van der Waals surface area (Å²) in [5, 5.41) is 0.129. The average molecular weight is 307 g/mol. The van der Waals surface area contributed by atoms with Crippen molar-refractivity contribution < 1.29 is 13.2 Å². The van der Waals surface area contributed by atoms with Crippen LogP contribution in [0.25, 0.3) is 0 Å². The number of ether oxygens (including phenoxy) is 1. The van der Waals surface area contributed by atoms with Gasteiger partial charge in [0, 0.05) is 18.2 Å². The first-order chi connectivity index (χ1) is 10.1. The quantitative estimate of drug-likeness (QED) is 0.882. The van der Waals surface area contributed by atoms with Crippen LogP contribution in [-0.2, 0) is 16.6 Å². The number of para-hydroxylation sites is 1. The van der Waals surface area contributed by atoms with E-state index in [0.29, 0.717) is 12.3 Å². The number of sulfonamides is 1. The monoisotopic (exact) mass is 307 g/mol. The molecule has 0 amide bonds. The van der Waals surface area contributed by atoms with Crippen LogP contribution in [0.5, 0.6) is 5.75 Å². The highest BCUT2D eigenvalue weighted by molar-refractivity contribution is 7.89. The lowest BCUT2D eigenvalue weighted by atomic mass is 10.2. The molecule has 1 aliphatic rings. The molecule has 3 rings (SSSR count). The molecule has 0 atom stereocenters. The first-order valence-corrected chi connectivity index (χ1v) is 8.19. The second kappa shape index (κ2) is 5.50. The van der Waals surface area contributed by atoms with Crippen molar-refractivity contribution in [2.24, 2.45) is 0 Å². The van der Waals surface area contributed by atoms with Gasteiger partial charge < -0.3 is 9.72 Å². The minimum Gasteiger partial charge on any atom is -0.496 e. The fourth-order valence-electron chi connectivity index (χ4n) is 2.28. The van der Waals surface area contributed by atoms with Crippen LogP contribution in [0.15, 0.2) is 41.8 Å². The molecular weight excluding hydrogens is 290 g/mol. The molecular formula is C14H17N3O3S. The molecule has 0 aliphatic heterocycles. The van der Waals surface area contributed by atoms with E-state index in [0.717, 1.165) is 18.4 Å². The van der Waals surface area contributed by atoms with Gasteiger partial charge >= 0.3 is 0 Å². The Bertz CT molecular complexity index is 709. The van der Waals surface area contributed by atoms with E-state index in [9.17, 15) is 8.42 Å². The van der Waals surface area contributed by atoms with E-state index in [-0.39, 0.29) is 11.1 Å². The number of aromatic amines is 1. The Labute approximate surface area is 123 Å². The third-order valence-corrected chi connectivity index (χ3v) is 5.36. The predicted octanol–water partition coefficient (Wildman–Crippen LogP) is 1.77. The van der Waals surface area contributed by atoms with E-state index in [1.807, 2.05) is 24.3 Å². The van der Waals surface area contributed by atoms with Gasteiger partial charge in [0.2, 0.25) is 0 Å². The molecule has 1 aliphatic carbocycles. The number of H-pyrrole nitrogens is 1. The summed E-state index contributed by atoms with van der Waals surface area (Å²) in [6.07, 6.45) is 4.50. The normalized spacial score (nSPS) is 15.3. The molecule has 1 aromatic carbocycles. The maximum atomic E-state index is 12.7. The molecule has 1 heterocycles. The van der Waals surface area contributed by atoms with Gasteiger partial charge in [0.15, 0.2) is 5.03 Å². The molecule has 0 unspecified atom stereocenters. The van der Waals surface area contributed by atoms with Crippen molar-refractivity contribution in [1.82, 2.24) is 14.3 Å². The third kappa shape index (κ3) is 2.79. The lowest BCUT2D eigenvalue weighted by Gasteiger charge is -2.22. The molecule has 0 bridgehead atoms. The summed E-state index contributed by atoms with van der Waals surface area (Å²) in [4.78, 5) is 6.49. The van der Waals surface area contributed by atoms with Crippen LogP contribution in [0, 0.1) is 0 Å². The fourth-order valence-corrected chi connectivity index (χ4v) is 3.85. The van der Waals surface area contributed by atoms with Gasteiger partial charge in [0.1, 0.15) is 5.75 Å². The van der Waals surface area contributed by atoms with Crippen LogP contribution in [0.1, 0.15) is 18.4 Å². The fraction of sp³-hybridized carbons (Fsp3) is 0.357. The highest BCUT2D eigenvalue weighted by Gasteiger charge is 2.39. The number of methoxy groups -OCH3 is 1. The Kier molecular flexibility index (Phi) is 3.69. The smallest absolute Gasteiger partial charge is 0.260 e. The largest absolute Gasteiger partial charge is 0.496 e. The topological polar surface area (TPSA) is 75.3 Å². The average Bonchev–Trinajstić information content (AvgIpc) is 3.16. The van der Waals surface area contributed by atoms with Crippen LogP contribution in [0.4, 0.5) is 0 Å². The minimum absolute atomic E-state index is 0.0585. The van der Waals surface area contributed by atoms with Crippen molar-refractivity contribution in [3.8, 4) is 5.75 Å². The van der Waals surface area contributed by atoms with E-state index in [4.69, 9.17) is 4.74 Å². The zero-order chi connectivity index (χ0) is 14.9. The standard InChI is InChI=1S/C14H17N3O3S/c1-20-13-5-3-2-4-11(13)9-17(12-6-7-12)21(18,19)14-8-15-10-16-14/h2-5,8,10,12H,6-7,9H2,1H3,(H,15,16). The van der Waals surface area contributed by atoms with E-state index in [2.05, 4.69) is 9.97 Å². The number of aromatic nitrogens is 2. The molecule has 0 radical (unpaired) electrons. The Morgan fingerprint density at radius 3 is 2.76 bits per heavy atom. The zero-order valence-electron chi connectivity index (χ0n) is 11.7. The zero-order valence-corrected chi connectivity index (χ0v) is 12.5. The summed E-state index contributed by atoms with van der Waals surface area (Å²) in [7, 11) is -1.97. The van der Waals surface area contributed by atoms with Crippen LogP contribution in [-0.4, -0.2) is 35.8 Å². The molecule has 2 aromatic rings. The van der Waals surface area contributed by atoms with Gasteiger partial charge in [0.05, 0.1) is 19.6 Å². The van der Waals surface area contributed by atoms with Crippen molar-refractivity contribution in [1.29, 1.82) is 0 Å². The Hall–Kier alpha value is -1.86.